The normalized spacial score (nSPS) is 12.9. The van der Waals surface area contributed by atoms with Crippen LogP contribution in [0, 0.1) is 0 Å². The Balaban J connectivity index is 4.44. The van der Waals surface area contributed by atoms with Gasteiger partial charge in [0, 0.05) is 19.3 Å². The monoisotopic (exact) mass is 1050 g/mol. The molecule has 432 valence electrons. The fraction of sp³-hybridized carbons (Fsp3) is 0.671. The van der Waals surface area contributed by atoms with Gasteiger partial charge in [0.1, 0.15) is 13.2 Å². The molecule has 0 rings (SSSR count). The van der Waals surface area contributed by atoms with E-state index in [9.17, 15) is 14.4 Å². The highest BCUT2D eigenvalue weighted by Crippen LogP contribution is 2.14. The molecule has 1 unspecified atom stereocenters. The maximum atomic E-state index is 12.9. The lowest BCUT2D eigenvalue weighted by Gasteiger charge is -2.18. The summed E-state index contributed by atoms with van der Waals surface area (Å²) in [6.45, 7) is 6.45. The summed E-state index contributed by atoms with van der Waals surface area (Å²) < 4.78 is 16.9. The van der Waals surface area contributed by atoms with Gasteiger partial charge in [-0.25, -0.2) is 0 Å². The van der Waals surface area contributed by atoms with Gasteiger partial charge in [-0.15, -0.1) is 0 Å². The number of ether oxygens (including phenoxy) is 3. The Hall–Kier alpha value is -4.19. The van der Waals surface area contributed by atoms with E-state index in [0.29, 0.717) is 19.3 Å². The van der Waals surface area contributed by atoms with Crippen LogP contribution in [0.3, 0.4) is 0 Å². The minimum Gasteiger partial charge on any atom is -0.462 e. The highest BCUT2D eigenvalue weighted by molar-refractivity contribution is 5.71. The quantitative estimate of drug-likeness (QED) is 0.0261. The Morgan fingerprint density at radius 2 is 0.526 bits per heavy atom. The summed E-state index contributed by atoms with van der Waals surface area (Å²) in [5.41, 5.74) is 0. The third kappa shape index (κ3) is 60.7. The molecule has 0 saturated carbocycles. The van der Waals surface area contributed by atoms with Crippen molar-refractivity contribution in [2.75, 3.05) is 13.2 Å². The van der Waals surface area contributed by atoms with Crippen molar-refractivity contribution in [3.05, 3.63) is 122 Å². The van der Waals surface area contributed by atoms with E-state index in [-0.39, 0.29) is 31.1 Å². The van der Waals surface area contributed by atoms with E-state index >= 15 is 0 Å². The number of esters is 3. The number of hydrogen-bond donors (Lipinski definition) is 0. The van der Waals surface area contributed by atoms with Gasteiger partial charge in [0.2, 0.25) is 0 Å². The van der Waals surface area contributed by atoms with E-state index in [1.807, 2.05) is 0 Å². The van der Waals surface area contributed by atoms with Crippen LogP contribution in [0.1, 0.15) is 284 Å². The summed E-state index contributed by atoms with van der Waals surface area (Å²) in [5, 5.41) is 0. The summed E-state index contributed by atoms with van der Waals surface area (Å²) in [4.78, 5) is 38.3. The molecular weight excluding hydrogens is 937 g/mol. The van der Waals surface area contributed by atoms with Crippen LogP contribution in [0.5, 0.6) is 0 Å². The van der Waals surface area contributed by atoms with E-state index < -0.39 is 6.10 Å². The average molecular weight is 1050 g/mol. The molecule has 0 heterocycles. The highest BCUT2D eigenvalue weighted by Gasteiger charge is 2.19. The summed E-state index contributed by atoms with van der Waals surface area (Å²) in [5.74, 6) is -0.930. The lowest BCUT2D eigenvalue weighted by molar-refractivity contribution is -0.167. The molecule has 6 heteroatoms. The van der Waals surface area contributed by atoms with E-state index in [2.05, 4.69) is 142 Å². The van der Waals surface area contributed by atoms with Crippen LogP contribution in [-0.2, 0) is 28.6 Å². The Labute approximate surface area is 469 Å². The molecule has 6 nitrogen and oxygen atoms in total. The predicted octanol–water partition coefficient (Wildman–Crippen LogP) is 21.6. The zero-order valence-corrected chi connectivity index (χ0v) is 49.5. The van der Waals surface area contributed by atoms with E-state index in [4.69, 9.17) is 14.2 Å². The van der Waals surface area contributed by atoms with Gasteiger partial charge in [-0.2, -0.15) is 0 Å². The van der Waals surface area contributed by atoms with Crippen molar-refractivity contribution >= 4 is 17.9 Å². The second-order valence-corrected chi connectivity index (χ2v) is 20.6. The van der Waals surface area contributed by atoms with Crippen LogP contribution < -0.4 is 0 Å². The molecule has 0 aliphatic rings. The molecule has 0 saturated heterocycles. The van der Waals surface area contributed by atoms with Gasteiger partial charge in [-0.3, -0.25) is 14.4 Å². The summed E-state index contributed by atoms with van der Waals surface area (Å²) in [7, 11) is 0. The van der Waals surface area contributed by atoms with Crippen LogP contribution in [0.15, 0.2) is 122 Å². The van der Waals surface area contributed by atoms with Gasteiger partial charge < -0.3 is 14.2 Å². The van der Waals surface area contributed by atoms with Crippen LogP contribution in [0.25, 0.3) is 0 Å². The number of carbonyl (C=O) groups is 3. The molecule has 1 atom stereocenters. The molecule has 0 spiro atoms. The van der Waals surface area contributed by atoms with Crippen molar-refractivity contribution in [2.24, 2.45) is 0 Å². The summed E-state index contributed by atoms with van der Waals surface area (Å²) in [6, 6.07) is 0. The van der Waals surface area contributed by atoms with Gasteiger partial charge in [-0.1, -0.05) is 258 Å². The molecule has 0 aliphatic carbocycles. The standard InChI is InChI=1S/C70H116O6/c1-4-7-10-13-16-19-22-25-28-30-32-34-35-37-38-40-42-45-48-51-54-57-60-63-69(72)75-66-67(65-74-68(71)62-59-56-53-50-47-44-27-24-21-18-15-12-9-6-3)76-70(73)64-61-58-55-52-49-46-43-41-39-36-33-31-29-26-23-20-17-14-11-8-5-2/h7,10,15-16,18-19,23-28,31-34,37-39,41,67H,4-6,8-9,11-14,17,20-22,29-30,35-36,40,42-66H2,1-3H3/b10-7-,18-15-,19-16-,26-23-,27-24-,28-25-,33-31-,34-32-,38-37-,41-39-. The smallest absolute Gasteiger partial charge is 0.306 e. The first-order valence-corrected chi connectivity index (χ1v) is 31.5. The Morgan fingerprint density at radius 3 is 0.842 bits per heavy atom. The van der Waals surface area contributed by atoms with Crippen molar-refractivity contribution in [1.82, 2.24) is 0 Å². The van der Waals surface area contributed by atoms with E-state index in [0.717, 1.165) is 148 Å². The fourth-order valence-corrected chi connectivity index (χ4v) is 8.43. The minimum absolute atomic E-state index is 0.0965. The van der Waals surface area contributed by atoms with Crippen molar-refractivity contribution < 1.29 is 28.6 Å². The number of hydrogen-bond acceptors (Lipinski definition) is 6. The minimum atomic E-state index is -0.801. The molecule has 0 aromatic heterocycles. The lowest BCUT2D eigenvalue weighted by atomic mass is 10.1. The molecule has 0 N–H and O–H groups in total. The first kappa shape index (κ1) is 71.8. The van der Waals surface area contributed by atoms with Gasteiger partial charge in [-0.05, 0) is 128 Å². The topological polar surface area (TPSA) is 78.9 Å². The highest BCUT2D eigenvalue weighted by atomic mass is 16.6. The number of unbranched alkanes of at least 4 members (excludes halogenated alkanes) is 25. The predicted molar refractivity (Wildman–Crippen MR) is 330 cm³/mol. The number of rotatable bonds is 56. The van der Waals surface area contributed by atoms with Gasteiger partial charge in [0.05, 0.1) is 0 Å². The van der Waals surface area contributed by atoms with Gasteiger partial charge in [0.15, 0.2) is 6.10 Å². The Bertz CT molecular complexity index is 1590. The SMILES string of the molecule is CC/C=C\C/C=C\C/C=C\C/C=C\C/C=C\CCCCCCCCCC(=O)OCC(COC(=O)CCCCCCC/C=C\C/C=C\CCCC)OC(=O)CCCCCCCC/C=C\C/C=C\C/C=C\CCCCCCC. The van der Waals surface area contributed by atoms with Crippen molar-refractivity contribution in [3.63, 3.8) is 0 Å². The lowest BCUT2D eigenvalue weighted by Crippen LogP contribution is -2.30. The second kappa shape index (κ2) is 63.3. The van der Waals surface area contributed by atoms with Crippen molar-refractivity contribution in [1.29, 1.82) is 0 Å². The average Bonchev–Trinajstić information content (AvgIpc) is 3.42. The molecule has 0 radical (unpaired) electrons. The zero-order valence-electron chi connectivity index (χ0n) is 49.5. The first-order valence-electron chi connectivity index (χ1n) is 31.5. The third-order valence-corrected chi connectivity index (χ3v) is 13.2. The van der Waals surface area contributed by atoms with Gasteiger partial charge >= 0.3 is 17.9 Å². The molecular formula is C70H116O6. The molecule has 0 aromatic rings. The van der Waals surface area contributed by atoms with Crippen molar-refractivity contribution in [3.8, 4) is 0 Å². The van der Waals surface area contributed by atoms with Crippen LogP contribution in [-0.4, -0.2) is 37.2 Å². The molecule has 0 fully saturated rings. The maximum absolute atomic E-state index is 12.9. The molecule has 0 aliphatic heterocycles. The second-order valence-electron chi connectivity index (χ2n) is 20.6. The molecule has 76 heavy (non-hydrogen) atoms. The van der Waals surface area contributed by atoms with Gasteiger partial charge in [0.25, 0.3) is 0 Å². The van der Waals surface area contributed by atoms with Crippen LogP contribution in [0.2, 0.25) is 0 Å². The largest absolute Gasteiger partial charge is 0.462 e. The van der Waals surface area contributed by atoms with Crippen molar-refractivity contribution in [2.45, 2.75) is 290 Å². The van der Waals surface area contributed by atoms with E-state index in [1.54, 1.807) is 0 Å². The molecule has 0 aromatic carbocycles. The molecule has 0 amide bonds. The third-order valence-electron chi connectivity index (χ3n) is 13.2. The maximum Gasteiger partial charge on any atom is 0.306 e. The Kier molecular flexibility index (Phi) is 59.9. The summed E-state index contributed by atoms with van der Waals surface area (Å²) >= 11 is 0. The summed E-state index contributed by atoms with van der Waals surface area (Å²) in [6.07, 6.45) is 87.6. The molecule has 0 bridgehead atoms. The zero-order chi connectivity index (χ0) is 55.0. The Morgan fingerprint density at radius 1 is 0.276 bits per heavy atom. The number of allylic oxidation sites excluding steroid dienone is 20. The van der Waals surface area contributed by atoms with Crippen LogP contribution >= 0.6 is 0 Å². The number of carbonyl (C=O) groups excluding carboxylic acids is 3. The first-order chi connectivity index (χ1) is 37.5. The van der Waals surface area contributed by atoms with E-state index in [1.165, 1.54) is 96.3 Å². The van der Waals surface area contributed by atoms with Crippen LogP contribution in [0.4, 0.5) is 0 Å². The fourth-order valence-electron chi connectivity index (χ4n) is 8.43.